The molecule has 26 heavy (non-hydrogen) atoms. The van der Waals surface area contributed by atoms with E-state index in [1.54, 1.807) is 14.0 Å². The molecule has 0 saturated heterocycles. The van der Waals surface area contributed by atoms with Crippen LogP contribution in [-0.2, 0) is 9.59 Å². The van der Waals surface area contributed by atoms with Crippen molar-refractivity contribution >= 4 is 11.7 Å². The number of ketones is 1. The van der Waals surface area contributed by atoms with Crippen molar-refractivity contribution in [1.29, 1.82) is 0 Å². The molecule has 0 saturated carbocycles. The molecule has 4 heteroatoms. The van der Waals surface area contributed by atoms with Crippen LogP contribution in [0.4, 0.5) is 0 Å². The van der Waals surface area contributed by atoms with Gasteiger partial charge in [0, 0.05) is 13.5 Å². The fourth-order valence-electron chi connectivity index (χ4n) is 3.60. The van der Waals surface area contributed by atoms with Crippen molar-refractivity contribution in [1.82, 2.24) is 4.90 Å². The number of unbranched alkanes of at least 4 members (excludes halogenated alkanes) is 7. The average Bonchev–Trinajstić information content (AvgIpc) is 2.81. The number of carbonyl (C=O) groups excluding carboxylic acids is 2. The van der Waals surface area contributed by atoms with E-state index in [2.05, 4.69) is 13.8 Å². The van der Waals surface area contributed by atoms with Gasteiger partial charge in [-0.1, -0.05) is 78.1 Å². The Hall–Kier alpha value is -1.32. The van der Waals surface area contributed by atoms with Gasteiger partial charge in [0.05, 0.1) is 6.04 Å². The van der Waals surface area contributed by atoms with Gasteiger partial charge in [-0.15, -0.1) is 0 Å². The number of hydrogen-bond donors (Lipinski definition) is 1. The Kier molecular flexibility index (Phi) is 10.6. The summed E-state index contributed by atoms with van der Waals surface area (Å²) in [7, 11) is 1.62. The predicted octanol–water partition coefficient (Wildman–Crippen LogP) is 5.57. The summed E-state index contributed by atoms with van der Waals surface area (Å²) in [6.45, 7) is 6.36. The summed E-state index contributed by atoms with van der Waals surface area (Å²) in [6, 6.07) is -0.383. The maximum atomic E-state index is 12.2. The molecular weight excluding hydrogens is 326 g/mol. The summed E-state index contributed by atoms with van der Waals surface area (Å²) in [5, 5.41) is 9.97. The van der Waals surface area contributed by atoms with Crippen molar-refractivity contribution in [3.63, 3.8) is 0 Å². The Balaban J connectivity index is 2.06. The van der Waals surface area contributed by atoms with E-state index >= 15 is 0 Å². The first kappa shape index (κ1) is 22.7. The minimum atomic E-state index is -0.383. The number of rotatable bonds is 14. The van der Waals surface area contributed by atoms with Crippen LogP contribution in [0.25, 0.3) is 0 Å². The summed E-state index contributed by atoms with van der Waals surface area (Å²) >= 11 is 0. The van der Waals surface area contributed by atoms with Crippen LogP contribution in [0, 0.1) is 5.92 Å². The lowest BCUT2D eigenvalue weighted by atomic mass is 9.97. The van der Waals surface area contributed by atoms with Gasteiger partial charge in [-0.25, -0.2) is 0 Å². The Morgan fingerprint density at radius 2 is 1.58 bits per heavy atom. The molecule has 0 aromatic carbocycles. The topological polar surface area (TPSA) is 57.6 Å². The van der Waals surface area contributed by atoms with E-state index in [-0.39, 0.29) is 29.1 Å². The quantitative estimate of drug-likeness (QED) is 0.323. The molecule has 0 aliphatic carbocycles. The van der Waals surface area contributed by atoms with Crippen LogP contribution in [-0.4, -0.2) is 34.8 Å². The molecule has 0 aromatic heterocycles. The molecule has 2 atom stereocenters. The number of aliphatic hydroxyl groups is 1. The average molecular weight is 366 g/mol. The minimum Gasteiger partial charge on any atom is -0.509 e. The van der Waals surface area contributed by atoms with E-state index in [0.717, 1.165) is 25.2 Å². The number of likely N-dealkylation sites (N-methyl/N-ethyl adjacent to an activating group) is 1. The van der Waals surface area contributed by atoms with Crippen LogP contribution in [0.5, 0.6) is 0 Å². The highest BCUT2D eigenvalue weighted by molar-refractivity contribution is 6.21. The SMILES string of the molecule is CCCCC(C)CCCCCCCCCC(=O)C1=C(O)C(C)N(C)C1=O. The van der Waals surface area contributed by atoms with Crippen molar-refractivity contribution in [2.75, 3.05) is 7.05 Å². The molecule has 1 N–H and O–H groups in total. The van der Waals surface area contributed by atoms with Crippen LogP contribution in [0.15, 0.2) is 11.3 Å². The van der Waals surface area contributed by atoms with E-state index < -0.39 is 0 Å². The molecule has 1 aliphatic rings. The first-order valence-electron chi connectivity index (χ1n) is 10.6. The molecule has 4 nitrogen and oxygen atoms in total. The van der Waals surface area contributed by atoms with Crippen LogP contribution in [0.3, 0.4) is 0 Å². The van der Waals surface area contributed by atoms with Gasteiger partial charge in [0.1, 0.15) is 11.3 Å². The number of hydrogen-bond acceptors (Lipinski definition) is 3. The minimum absolute atomic E-state index is 0.0113. The Morgan fingerprint density at radius 1 is 1.04 bits per heavy atom. The molecule has 0 bridgehead atoms. The summed E-state index contributed by atoms with van der Waals surface area (Å²) in [6.07, 6.45) is 13.9. The van der Waals surface area contributed by atoms with E-state index in [9.17, 15) is 14.7 Å². The van der Waals surface area contributed by atoms with Gasteiger partial charge >= 0.3 is 0 Å². The number of amides is 1. The molecule has 2 unspecified atom stereocenters. The molecule has 1 amide bonds. The first-order valence-corrected chi connectivity index (χ1v) is 10.6. The molecule has 1 rings (SSSR count). The van der Waals surface area contributed by atoms with Gasteiger partial charge in [-0.3, -0.25) is 9.59 Å². The van der Waals surface area contributed by atoms with E-state index in [4.69, 9.17) is 0 Å². The van der Waals surface area contributed by atoms with Crippen LogP contribution in [0.1, 0.15) is 97.8 Å². The molecule has 0 spiro atoms. The maximum absolute atomic E-state index is 12.2. The fourth-order valence-corrected chi connectivity index (χ4v) is 3.60. The number of aliphatic hydroxyl groups excluding tert-OH is 1. The van der Waals surface area contributed by atoms with E-state index in [0.29, 0.717) is 6.42 Å². The lowest BCUT2D eigenvalue weighted by molar-refractivity contribution is -0.128. The van der Waals surface area contributed by atoms with Crippen molar-refractivity contribution < 1.29 is 14.7 Å². The van der Waals surface area contributed by atoms with Crippen LogP contribution < -0.4 is 0 Å². The van der Waals surface area contributed by atoms with Gasteiger partial charge in [0.25, 0.3) is 5.91 Å². The zero-order valence-electron chi connectivity index (χ0n) is 17.4. The largest absolute Gasteiger partial charge is 0.509 e. The highest BCUT2D eigenvalue weighted by Gasteiger charge is 2.37. The highest BCUT2D eigenvalue weighted by atomic mass is 16.3. The van der Waals surface area contributed by atoms with Crippen molar-refractivity contribution in [2.45, 2.75) is 104 Å². The summed E-state index contributed by atoms with van der Waals surface area (Å²) in [4.78, 5) is 25.6. The number of nitrogens with zero attached hydrogens (tertiary/aromatic N) is 1. The maximum Gasteiger partial charge on any atom is 0.261 e. The van der Waals surface area contributed by atoms with Gasteiger partial charge in [0.2, 0.25) is 0 Å². The van der Waals surface area contributed by atoms with Crippen LogP contribution >= 0.6 is 0 Å². The summed E-state index contributed by atoms with van der Waals surface area (Å²) in [5.41, 5.74) is 0.0113. The molecule has 0 fully saturated rings. The van der Waals surface area contributed by atoms with Gasteiger partial charge in [-0.2, -0.15) is 0 Å². The Morgan fingerprint density at radius 3 is 2.12 bits per heavy atom. The summed E-state index contributed by atoms with van der Waals surface area (Å²) in [5.74, 6) is 0.264. The molecule has 0 aromatic rings. The first-order chi connectivity index (χ1) is 12.4. The fraction of sp³-hybridized carbons (Fsp3) is 0.818. The zero-order chi connectivity index (χ0) is 19.5. The lowest BCUT2D eigenvalue weighted by Gasteiger charge is -2.14. The van der Waals surface area contributed by atoms with E-state index in [1.807, 2.05) is 0 Å². The highest BCUT2D eigenvalue weighted by Crippen LogP contribution is 2.24. The smallest absolute Gasteiger partial charge is 0.261 e. The van der Waals surface area contributed by atoms with Crippen molar-refractivity contribution in [3.05, 3.63) is 11.3 Å². The second-order valence-electron chi connectivity index (χ2n) is 8.04. The van der Waals surface area contributed by atoms with Crippen molar-refractivity contribution in [2.24, 2.45) is 5.92 Å². The third-order valence-electron chi connectivity index (χ3n) is 5.70. The standard InChI is InChI=1S/C22H39NO3/c1-5-6-14-17(2)15-12-10-8-7-9-11-13-16-19(24)20-21(25)18(3)23(4)22(20)26/h17-18,25H,5-16H2,1-4H3. The molecule has 150 valence electrons. The van der Waals surface area contributed by atoms with Gasteiger partial charge in [0.15, 0.2) is 5.78 Å². The number of carbonyl (C=O) groups is 2. The molecule has 1 aliphatic heterocycles. The van der Waals surface area contributed by atoms with Crippen molar-refractivity contribution in [3.8, 4) is 0 Å². The predicted molar refractivity (Wildman–Crippen MR) is 107 cm³/mol. The number of Topliss-reactive ketones (excluding diaryl/α,β-unsaturated/α-hetero) is 1. The second kappa shape index (κ2) is 12.1. The van der Waals surface area contributed by atoms with Gasteiger partial charge < -0.3 is 10.0 Å². The Bertz CT molecular complexity index is 484. The Labute approximate surface area is 160 Å². The molecule has 1 heterocycles. The molecule has 0 radical (unpaired) electrons. The summed E-state index contributed by atoms with van der Waals surface area (Å²) < 4.78 is 0. The second-order valence-corrected chi connectivity index (χ2v) is 8.04. The third kappa shape index (κ3) is 7.13. The van der Waals surface area contributed by atoms with E-state index in [1.165, 1.54) is 56.3 Å². The van der Waals surface area contributed by atoms with Gasteiger partial charge in [-0.05, 0) is 19.3 Å². The van der Waals surface area contributed by atoms with Crippen LogP contribution in [0.2, 0.25) is 0 Å². The zero-order valence-corrected chi connectivity index (χ0v) is 17.4. The third-order valence-corrected chi connectivity index (χ3v) is 5.70. The lowest BCUT2D eigenvalue weighted by Crippen LogP contribution is -2.30. The normalized spacial score (nSPS) is 18.7. The molecular formula is C22H39NO3. The monoisotopic (exact) mass is 365 g/mol.